The van der Waals surface area contributed by atoms with Gasteiger partial charge in [-0.05, 0) is 26.0 Å². The largest absolute Gasteiger partial charge is 0.311 e. The van der Waals surface area contributed by atoms with Gasteiger partial charge in [-0.25, -0.2) is 4.57 Å². The molecule has 0 aliphatic heterocycles. The minimum Gasteiger partial charge on any atom is -0.311 e. The Morgan fingerprint density at radius 3 is 2.45 bits per heavy atom. The number of para-hydroxylation sites is 1. The second kappa shape index (κ2) is 4.47. The van der Waals surface area contributed by atoms with Crippen LogP contribution in [0.4, 0.5) is 0 Å². The fourth-order valence-corrected chi connectivity index (χ4v) is 3.55. The molecule has 4 aromatic rings. The number of pyridine rings is 1. The Kier molecular flexibility index (Phi) is 2.67. The molecule has 22 heavy (non-hydrogen) atoms. The molecule has 0 aliphatic carbocycles. The molecule has 3 nitrogen and oxygen atoms in total. The van der Waals surface area contributed by atoms with Crippen molar-refractivity contribution >= 4 is 21.9 Å². The molecule has 0 N–H and O–H groups in total. The molecule has 0 saturated heterocycles. The van der Waals surface area contributed by atoms with Gasteiger partial charge in [0.1, 0.15) is 5.69 Å². The Labute approximate surface area is 130 Å². The molecule has 0 bridgehead atoms. The van der Waals surface area contributed by atoms with Crippen molar-refractivity contribution < 1.29 is 4.57 Å². The van der Waals surface area contributed by atoms with Gasteiger partial charge in [-0.3, -0.25) is 0 Å². The van der Waals surface area contributed by atoms with Gasteiger partial charge in [0.05, 0.1) is 24.1 Å². The zero-order valence-corrected chi connectivity index (χ0v) is 13.5. The number of rotatable bonds is 1. The van der Waals surface area contributed by atoms with Crippen molar-refractivity contribution in [3.8, 4) is 5.82 Å². The zero-order valence-electron chi connectivity index (χ0n) is 13.5. The molecule has 0 aliphatic rings. The molecule has 0 spiro atoms. The summed E-state index contributed by atoms with van der Waals surface area (Å²) in [6.45, 7) is 4.43. The first-order valence-electron chi connectivity index (χ1n) is 7.61. The fourth-order valence-electron chi connectivity index (χ4n) is 3.55. The van der Waals surface area contributed by atoms with Gasteiger partial charge in [-0.15, -0.1) is 0 Å². The summed E-state index contributed by atoms with van der Waals surface area (Å²) in [7, 11) is 4.25. The molecule has 3 heterocycles. The van der Waals surface area contributed by atoms with E-state index in [1.165, 1.54) is 39.0 Å². The van der Waals surface area contributed by atoms with E-state index in [-0.39, 0.29) is 0 Å². The molecule has 0 saturated carbocycles. The fraction of sp³-hybridized carbons (Fsp3) is 0.211. The molecule has 0 unspecified atom stereocenters. The Morgan fingerprint density at radius 2 is 1.68 bits per heavy atom. The summed E-state index contributed by atoms with van der Waals surface area (Å²) in [5, 5.41) is 2.69. The van der Waals surface area contributed by atoms with Crippen molar-refractivity contribution in [3.63, 3.8) is 0 Å². The van der Waals surface area contributed by atoms with Crippen molar-refractivity contribution in [2.75, 3.05) is 0 Å². The highest BCUT2D eigenvalue weighted by molar-refractivity contribution is 6.09. The maximum absolute atomic E-state index is 2.37. The molecule has 0 radical (unpaired) electrons. The summed E-state index contributed by atoms with van der Waals surface area (Å²) in [4.78, 5) is 0. The Morgan fingerprint density at radius 1 is 0.955 bits per heavy atom. The van der Waals surface area contributed by atoms with Gasteiger partial charge in [-0.2, -0.15) is 4.57 Å². The molecule has 1 aromatic carbocycles. The minimum absolute atomic E-state index is 1.18. The number of hydrogen-bond acceptors (Lipinski definition) is 0. The Balaban J connectivity index is 2.25. The van der Waals surface area contributed by atoms with Crippen LogP contribution < -0.4 is 4.57 Å². The third-order valence-corrected chi connectivity index (χ3v) is 4.80. The molecule has 110 valence electrons. The van der Waals surface area contributed by atoms with Crippen molar-refractivity contribution in [2.24, 2.45) is 14.1 Å². The van der Waals surface area contributed by atoms with E-state index < -0.39 is 0 Å². The smallest absolute Gasteiger partial charge is 0.287 e. The van der Waals surface area contributed by atoms with E-state index in [2.05, 4.69) is 90.3 Å². The standard InChI is InChI=1S/C19H20N3/c1-13-14(2)22(17-11-7-8-12-20(17)3)19-18(13)15-9-5-6-10-16(15)21(19)4/h5-12H,1-4H3/q+1. The van der Waals surface area contributed by atoms with E-state index in [1.807, 2.05) is 0 Å². The third kappa shape index (κ3) is 1.54. The van der Waals surface area contributed by atoms with Gasteiger partial charge >= 0.3 is 0 Å². The predicted octanol–water partition coefficient (Wildman–Crippen LogP) is 3.56. The first-order chi connectivity index (χ1) is 10.6. The van der Waals surface area contributed by atoms with Crippen LogP contribution in [0.2, 0.25) is 0 Å². The summed E-state index contributed by atoms with van der Waals surface area (Å²) >= 11 is 0. The van der Waals surface area contributed by atoms with E-state index in [0.29, 0.717) is 0 Å². The van der Waals surface area contributed by atoms with Crippen molar-refractivity contribution in [3.05, 3.63) is 59.9 Å². The molecular weight excluding hydrogens is 270 g/mol. The Hall–Kier alpha value is -2.55. The van der Waals surface area contributed by atoms with E-state index in [0.717, 1.165) is 0 Å². The van der Waals surface area contributed by atoms with Crippen LogP contribution in [-0.4, -0.2) is 9.13 Å². The second-order valence-corrected chi connectivity index (χ2v) is 5.99. The SMILES string of the molecule is Cc1c(C)n(-c2cccc[n+]2C)c2c1c1ccccc1n2C. The average Bonchev–Trinajstić information content (AvgIpc) is 2.96. The van der Waals surface area contributed by atoms with Gasteiger partial charge in [0.15, 0.2) is 0 Å². The maximum Gasteiger partial charge on any atom is 0.287 e. The summed E-state index contributed by atoms with van der Waals surface area (Å²) in [6.07, 6.45) is 2.10. The van der Waals surface area contributed by atoms with Gasteiger partial charge in [0.2, 0.25) is 5.65 Å². The lowest BCUT2D eigenvalue weighted by Gasteiger charge is -2.05. The first-order valence-corrected chi connectivity index (χ1v) is 7.61. The average molecular weight is 290 g/mol. The number of aromatic nitrogens is 3. The quantitative estimate of drug-likeness (QED) is 0.476. The van der Waals surface area contributed by atoms with Crippen molar-refractivity contribution in [1.29, 1.82) is 0 Å². The van der Waals surface area contributed by atoms with Crippen LogP contribution in [0.1, 0.15) is 11.3 Å². The van der Waals surface area contributed by atoms with Crippen LogP contribution in [0.3, 0.4) is 0 Å². The van der Waals surface area contributed by atoms with Crippen LogP contribution in [0.25, 0.3) is 27.8 Å². The number of benzene rings is 1. The predicted molar refractivity (Wildman–Crippen MR) is 90.4 cm³/mol. The first kappa shape index (κ1) is 13.1. The lowest BCUT2D eigenvalue weighted by Crippen LogP contribution is -2.33. The maximum atomic E-state index is 2.37. The van der Waals surface area contributed by atoms with Gasteiger partial charge < -0.3 is 4.57 Å². The molecule has 0 atom stereocenters. The van der Waals surface area contributed by atoms with E-state index in [4.69, 9.17) is 0 Å². The monoisotopic (exact) mass is 290 g/mol. The molecular formula is C19H20N3+. The minimum atomic E-state index is 1.18. The van der Waals surface area contributed by atoms with E-state index in [1.54, 1.807) is 0 Å². The van der Waals surface area contributed by atoms with Gasteiger partial charge in [0, 0.05) is 24.1 Å². The summed E-state index contributed by atoms with van der Waals surface area (Å²) in [6, 6.07) is 15.0. The van der Waals surface area contributed by atoms with Crippen molar-refractivity contribution in [2.45, 2.75) is 13.8 Å². The molecule has 4 rings (SSSR count). The van der Waals surface area contributed by atoms with Gasteiger partial charge in [0.25, 0.3) is 5.82 Å². The Bertz CT molecular complexity index is 1020. The zero-order chi connectivity index (χ0) is 15.4. The normalized spacial score (nSPS) is 11.6. The van der Waals surface area contributed by atoms with Crippen LogP contribution in [0.5, 0.6) is 0 Å². The highest BCUT2D eigenvalue weighted by atomic mass is 15.2. The number of nitrogens with zero attached hydrogens (tertiary/aromatic N) is 3. The second-order valence-electron chi connectivity index (χ2n) is 5.99. The molecule has 0 fully saturated rings. The van der Waals surface area contributed by atoms with E-state index >= 15 is 0 Å². The molecule has 0 amide bonds. The van der Waals surface area contributed by atoms with Gasteiger partial charge in [-0.1, -0.05) is 24.3 Å². The topological polar surface area (TPSA) is 13.7 Å². The van der Waals surface area contributed by atoms with Crippen LogP contribution in [-0.2, 0) is 14.1 Å². The summed E-state index contributed by atoms with van der Waals surface area (Å²) < 4.78 is 6.84. The third-order valence-electron chi connectivity index (χ3n) is 4.80. The highest BCUT2D eigenvalue weighted by Gasteiger charge is 2.26. The van der Waals surface area contributed by atoms with Crippen LogP contribution in [0, 0.1) is 13.8 Å². The lowest BCUT2D eigenvalue weighted by atomic mass is 10.1. The molecule has 3 heteroatoms. The van der Waals surface area contributed by atoms with Crippen LogP contribution in [0.15, 0.2) is 48.7 Å². The summed E-state index contributed by atoms with van der Waals surface area (Å²) in [5.41, 5.74) is 5.20. The van der Waals surface area contributed by atoms with Crippen molar-refractivity contribution in [1.82, 2.24) is 9.13 Å². The molecule has 3 aromatic heterocycles. The summed E-state index contributed by atoms with van der Waals surface area (Å²) in [5.74, 6) is 1.18. The number of aryl methyl sites for hydroxylation is 3. The highest BCUT2D eigenvalue weighted by Crippen LogP contribution is 2.35. The number of hydrogen-bond donors (Lipinski definition) is 0. The van der Waals surface area contributed by atoms with Crippen LogP contribution >= 0.6 is 0 Å². The lowest BCUT2D eigenvalue weighted by molar-refractivity contribution is -0.665. The number of fused-ring (bicyclic) bond motifs is 3. The van der Waals surface area contributed by atoms with E-state index in [9.17, 15) is 0 Å².